The summed E-state index contributed by atoms with van der Waals surface area (Å²) in [6.07, 6.45) is 0. The summed E-state index contributed by atoms with van der Waals surface area (Å²) in [7, 11) is 0. The zero-order valence-corrected chi connectivity index (χ0v) is 14.0. The van der Waals surface area contributed by atoms with Crippen LogP contribution in [-0.2, 0) is 6.61 Å². The van der Waals surface area contributed by atoms with Gasteiger partial charge in [0.15, 0.2) is 0 Å². The number of ether oxygens (including phenoxy) is 1. The Morgan fingerprint density at radius 2 is 1.85 bits per heavy atom. The highest BCUT2D eigenvalue weighted by Crippen LogP contribution is 2.30. The number of hydrogen-bond donors (Lipinski definition) is 1. The van der Waals surface area contributed by atoms with Gasteiger partial charge >= 0.3 is 0 Å². The topological polar surface area (TPSA) is 35.2 Å². The molecule has 2 aromatic carbocycles. The highest BCUT2D eigenvalue weighted by molar-refractivity contribution is 9.10. The summed E-state index contributed by atoms with van der Waals surface area (Å²) >= 11 is 15.7. The molecule has 2 nitrogen and oxygen atoms in total. The molecule has 0 bridgehead atoms. The molecule has 2 rings (SSSR count). The van der Waals surface area contributed by atoms with Gasteiger partial charge < -0.3 is 10.5 Å². The summed E-state index contributed by atoms with van der Waals surface area (Å²) in [6.45, 7) is 2.22. The summed E-state index contributed by atoms with van der Waals surface area (Å²) in [4.78, 5) is 0. The minimum atomic E-state index is -0.111. The van der Waals surface area contributed by atoms with Gasteiger partial charge in [-0.2, -0.15) is 0 Å². The fourth-order valence-electron chi connectivity index (χ4n) is 1.83. The molecule has 106 valence electrons. The van der Waals surface area contributed by atoms with E-state index < -0.39 is 0 Å². The molecule has 0 spiro atoms. The van der Waals surface area contributed by atoms with Crippen LogP contribution in [0.1, 0.15) is 24.1 Å². The van der Waals surface area contributed by atoms with Crippen LogP contribution in [0.25, 0.3) is 0 Å². The zero-order chi connectivity index (χ0) is 14.7. The number of benzene rings is 2. The van der Waals surface area contributed by atoms with Crippen LogP contribution in [0.15, 0.2) is 40.9 Å². The van der Waals surface area contributed by atoms with Gasteiger partial charge in [-0.05, 0) is 31.2 Å². The molecule has 2 aromatic rings. The summed E-state index contributed by atoms with van der Waals surface area (Å²) in [5.74, 6) is 0.727. The van der Waals surface area contributed by atoms with Crippen LogP contribution in [0, 0.1) is 0 Å². The van der Waals surface area contributed by atoms with Gasteiger partial charge in [-0.25, -0.2) is 0 Å². The fraction of sp³-hybridized carbons (Fsp3) is 0.200. The van der Waals surface area contributed by atoms with Crippen molar-refractivity contribution >= 4 is 39.1 Å². The number of hydrogen-bond acceptors (Lipinski definition) is 2. The highest BCUT2D eigenvalue weighted by atomic mass is 79.9. The standard InChI is InChI=1S/C15H14BrCl2NO/c1-9(19)11-6-5-10(16)7-15(11)20-8-12-13(17)3-2-4-14(12)18/h2-7,9H,8,19H2,1H3. The molecule has 0 saturated heterocycles. The Kier molecular flexibility index (Phi) is 5.33. The van der Waals surface area contributed by atoms with Crippen LogP contribution in [0.2, 0.25) is 10.0 Å². The first-order valence-electron chi connectivity index (χ1n) is 6.09. The maximum Gasteiger partial charge on any atom is 0.125 e. The predicted octanol–water partition coefficient (Wildman–Crippen LogP) is 5.35. The van der Waals surface area contributed by atoms with E-state index in [-0.39, 0.29) is 6.04 Å². The fourth-order valence-corrected chi connectivity index (χ4v) is 2.68. The first-order valence-corrected chi connectivity index (χ1v) is 7.64. The maximum atomic E-state index is 6.13. The first-order chi connectivity index (χ1) is 9.49. The number of halogens is 3. The lowest BCUT2D eigenvalue weighted by molar-refractivity contribution is 0.301. The van der Waals surface area contributed by atoms with E-state index in [1.54, 1.807) is 18.2 Å². The highest BCUT2D eigenvalue weighted by Gasteiger charge is 2.11. The molecule has 20 heavy (non-hydrogen) atoms. The summed E-state index contributed by atoms with van der Waals surface area (Å²) in [6, 6.07) is 11.1. The van der Waals surface area contributed by atoms with Crippen molar-refractivity contribution in [2.75, 3.05) is 0 Å². The average Bonchev–Trinajstić information content (AvgIpc) is 2.37. The Morgan fingerprint density at radius 1 is 1.20 bits per heavy atom. The minimum absolute atomic E-state index is 0.111. The van der Waals surface area contributed by atoms with Crippen molar-refractivity contribution in [1.29, 1.82) is 0 Å². The first kappa shape index (κ1) is 15.6. The Morgan fingerprint density at radius 3 is 2.45 bits per heavy atom. The Balaban J connectivity index is 2.25. The zero-order valence-electron chi connectivity index (χ0n) is 10.9. The van der Waals surface area contributed by atoms with Gasteiger partial charge in [-0.3, -0.25) is 0 Å². The van der Waals surface area contributed by atoms with Crippen molar-refractivity contribution in [3.05, 3.63) is 62.0 Å². The Bertz CT molecular complexity index is 597. The molecular formula is C15H14BrCl2NO. The van der Waals surface area contributed by atoms with Crippen LogP contribution in [0.3, 0.4) is 0 Å². The van der Waals surface area contributed by atoms with Crippen molar-refractivity contribution in [3.8, 4) is 5.75 Å². The van der Waals surface area contributed by atoms with E-state index in [1.165, 1.54) is 0 Å². The van der Waals surface area contributed by atoms with Crippen LogP contribution < -0.4 is 10.5 Å². The third kappa shape index (κ3) is 3.67. The second-order valence-corrected chi connectivity index (χ2v) is 6.19. The lowest BCUT2D eigenvalue weighted by Crippen LogP contribution is -2.08. The van der Waals surface area contributed by atoms with Crippen LogP contribution in [0.4, 0.5) is 0 Å². The molecule has 5 heteroatoms. The molecule has 2 N–H and O–H groups in total. The summed E-state index contributed by atoms with van der Waals surface area (Å²) in [5, 5.41) is 1.18. The van der Waals surface area contributed by atoms with Crippen molar-refractivity contribution < 1.29 is 4.74 Å². The molecule has 1 unspecified atom stereocenters. The Labute approximate surface area is 137 Å². The van der Waals surface area contributed by atoms with Gasteiger partial charge in [0.2, 0.25) is 0 Å². The van der Waals surface area contributed by atoms with Crippen LogP contribution in [0.5, 0.6) is 5.75 Å². The van der Waals surface area contributed by atoms with E-state index in [0.717, 1.165) is 21.3 Å². The van der Waals surface area contributed by atoms with E-state index in [0.29, 0.717) is 16.7 Å². The lowest BCUT2D eigenvalue weighted by atomic mass is 10.1. The monoisotopic (exact) mass is 373 g/mol. The Hall–Kier alpha value is -0.740. The number of rotatable bonds is 4. The van der Waals surface area contributed by atoms with Gasteiger partial charge in [-0.1, -0.05) is 51.3 Å². The van der Waals surface area contributed by atoms with E-state index >= 15 is 0 Å². The molecule has 0 amide bonds. The quantitative estimate of drug-likeness (QED) is 0.782. The molecule has 0 aliphatic heterocycles. The minimum Gasteiger partial charge on any atom is -0.488 e. The van der Waals surface area contributed by atoms with Gasteiger partial charge in [0.05, 0.1) is 0 Å². The molecule has 0 fully saturated rings. The SMILES string of the molecule is CC(N)c1ccc(Br)cc1OCc1c(Cl)cccc1Cl. The van der Waals surface area contributed by atoms with Crippen LogP contribution >= 0.6 is 39.1 Å². The van der Waals surface area contributed by atoms with Crippen LogP contribution in [-0.4, -0.2) is 0 Å². The summed E-state index contributed by atoms with van der Waals surface area (Å²) in [5.41, 5.74) is 7.66. The van der Waals surface area contributed by atoms with Gasteiger partial charge in [-0.15, -0.1) is 0 Å². The lowest BCUT2D eigenvalue weighted by Gasteiger charge is -2.15. The molecule has 1 atom stereocenters. The maximum absolute atomic E-state index is 6.13. The molecule has 0 saturated carbocycles. The molecular weight excluding hydrogens is 361 g/mol. The largest absolute Gasteiger partial charge is 0.488 e. The van der Waals surface area contributed by atoms with E-state index in [2.05, 4.69) is 15.9 Å². The van der Waals surface area contributed by atoms with E-state index in [4.69, 9.17) is 33.7 Å². The normalized spacial score (nSPS) is 12.2. The molecule has 0 aromatic heterocycles. The van der Waals surface area contributed by atoms with Crippen molar-refractivity contribution in [3.63, 3.8) is 0 Å². The third-order valence-corrected chi connectivity index (χ3v) is 4.10. The van der Waals surface area contributed by atoms with Gasteiger partial charge in [0.1, 0.15) is 12.4 Å². The van der Waals surface area contributed by atoms with E-state index in [9.17, 15) is 0 Å². The van der Waals surface area contributed by atoms with Crippen molar-refractivity contribution in [2.45, 2.75) is 19.6 Å². The van der Waals surface area contributed by atoms with Crippen molar-refractivity contribution in [2.24, 2.45) is 5.73 Å². The third-order valence-electron chi connectivity index (χ3n) is 2.90. The molecule has 0 heterocycles. The molecule has 0 aliphatic carbocycles. The van der Waals surface area contributed by atoms with Gasteiger partial charge in [0, 0.05) is 31.7 Å². The van der Waals surface area contributed by atoms with Crippen molar-refractivity contribution in [1.82, 2.24) is 0 Å². The second kappa shape index (κ2) is 6.81. The molecule has 0 radical (unpaired) electrons. The van der Waals surface area contributed by atoms with E-state index in [1.807, 2.05) is 25.1 Å². The van der Waals surface area contributed by atoms with Gasteiger partial charge in [0.25, 0.3) is 0 Å². The summed E-state index contributed by atoms with van der Waals surface area (Å²) < 4.78 is 6.78. The average molecular weight is 375 g/mol. The smallest absolute Gasteiger partial charge is 0.125 e. The molecule has 0 aliphatic rings. The second-order valence-electron chi connectivity index (χ2n) is 4.46. The number of nitrogens with two attached hydrogens (primary N) is 1. The predicted molar refractivity (Wildman–Crippen MR) is 87.5 cm³/mol.